The van der Waals surface area contributed by atoms with Crippen LogP contribution in [-0.2, 0) is 16.6 Å². The maximum Gasteiger partial charge on any atom is 0.254 e. The number of carbonyl (C=O) groups is 1. The van der Waals surface area contributed by atoms with E-state index in [1.54, 1.807) is 43.3 Å². The third-order valence-electron chi connectivity index (χ3n) is 4.78. The average molecular weight is 443 g/mol. The van der Waals surface area contributed by atoms with E-state index in [1.165, 1.54) is 31.6 Å². The molecule has 162 valence electrons. The zero-order chi connectivity index (χ0) is 22.6. The van der Waals surface area contributed by atoms with Crippen LogP contribution in [0.5, 0.6) is 0 Å². The van der Waals surface area contributed by atoms with Crippen LogP contribution in [0.1, 0.15) is 40.3 Å². The Hall–Kier alpha value is -3.17. The molecule has 0 bridgehead atoms. The second-order valence-corrected chi connectivity index (χ2v) is 9.25. The minimum atomic E-state index is -3.68. The highest BCUT2D eigenvalue weighted by Crippen LogP contribution is 2.17. The van der Waals surface area contributed by atoms with Crippen molar-refractivity contribution in [3.63, 3.8) is 0 Å². The minimum Gasteiger partial charge on any atom is -0.345 e. The number of nitrogens with one attached hydrogen (secondary N) is 1. The summed E-state index contributed by atoms with van der Waals surface area (Å²) in [6.07, 6.45) is 2.70. The quantitative estimate of drug-likeness (QED) is 0.607. The van der Waals surface area contributed by atoms with E-state index >= 15 is 0 Å². The molecule has 2 aromatic carbocycles. The van der Waals surface area contributed by atoms with Crippen LogP contribution in [0.15, 0.2) is 65.8 Å². The van der Waals surface area contributed by atoms with Crippen molar-refractivity contribution in [2.24, 2.45) is 0 Å². The van der Waals surface area contributed by atoms with Gasteiger partial charge in [-0.15, -0.1) is 0 Å². The summed E-state index contributed by atoms with van der Waals surface area (Å²) in [6, 6.07) is 12.1. The maximum atomic E-state index is 13.0. The lowest BCUT2D eigenvalue weighted by Gasteiger charge is -2.17. The fourth-order valence-electron chi connectivity index (χ4n) is 2.84. The molecule has 9 heteroatoms. The highest BCUT2D eigenvalue weighted by molar-refractivity contribution is 7.89. The predicted octanol–water partition coefficient (Wildman–Crippen LogP) is 3.24. The number of aromatic nitrogens is 2. The van der Waals surface area contributed by atoms with Gasteiger partial charge in [0.25, 0.3) is 5.91 Å². The van der Waals surface area contributed by atoms with Crippen molar-refractivity contribution in [3.8, 4) is 0 Å². The van der Waals surface area contributed by atoms with E-state index in [9.17, 15) is 17.6 Å². The van der Waals surface area contributed by atoms with E-state index < -0.39 is 10.0 Å². The van der Waals surface area contributed by atoms with Gasteiger partial charge in [-0.3, -0.25) is 4.79 Å². The molecule has 0 fully saturated rings. The van der Waals surface area contributed by atoms with Crippen LogP contribution >= 0.6 is 0 Å². The van der Waals surface area contributed by atoms with Crippen LogP contribution in [0.25, 0.3) is 0 Å². The molecule has 3 aromatic rings. The number of amides is 1. The molecule has 7 nitrogen and oxygen atoms in total. The van der Waals surface area contributed by atoms with Gasteiger partial charge in [0.2, 0.25) is 10.0 Å². The highest BCUT2D eigenvalue weighted by atomic mass is 32.2. The number of hydrogen-bond acceptors (Lipinski definition) is 5. The Bertz CT molecular complexity index is 1150. The number of carbonyl (C=O) groups excluding carboxylic acids is 1. The smallest absolute Gasteiger partial charge is 0.254 e. The number of benzene rings is 2. The topological polar surface area (TPSA) is 92.3 Å². The predicted molar refractivity (Wildman–Crippen MR) is 114 cm³/mol. The lowest BCUT2D eigenvalue weighted by molar-refractivity contribution is 0.0939. The van der Waals surface area contributed by atoms with Gasteiger partial charge in [-0.2, -0.15) is 4.31 Å². The fourth-order valence-corrected chi connectivity index (χ4v) is 3.97. The number of aryl methyl sites for hydroxylation is 1. The molecule has 1 aromatic heterocycles. The molecule has 0 spiro atoms. The molecule has 1 N–H and O–H groups in total. The Morgan fingerprint density at radius 1 is 1.06 bits per heavy atom. The third-order valence-corrected chi connectivity index (χ3v) is 6.60. The molecule has 0 aliphatic heterocycles. The summed E-state index contributed by atoms with van der Waals surface area (Å²) >= 11 is 0. The summed E-state index contributed by atoms with van der Waals surface area (Å²) in [5.74, 6) is -0.467. The fraction of sp³-hybridized carbons (Fsp3) is 0.227. The van der Waals surface area contributed by atoms with Crippen LogP contribution in [0.3, 0.4) is 0 Å². The summed E-state index contributed by atoms with van der Waals surface area (Å²) in [5, 5.41) is 2.79. The molecule has 1 atom stereocenters. The first-order chi connectivity index (χ1) is 14.7. The first-order valence-corrected chi connectivity index (χ1v) is 11.0. The molecule has 0 aliphatic rings. The Labute approximate surface area is 181 Å². The van der Waals surface area contributed by atoms with E-state index in [0.29, 0.717) is 0 Å². The van der Waals surface area contributed by atoms with E-state index in [0.717, 1.165) is 15.4 Å². The van der Waals surface area contributed by atoms with Crippen molar-refractivity contribution >= 4 is 15.9 Å². The van der Waals surface area contributed by atoms with Gasteiger partial charge < -0.3 is 5.32 Å². The molecule has 0 aliphatic carbocycles. The number of hydrogen-bond donors (Lipinski definition) is 1. The van der Waals surface area contributed by atoms with E-state index in [2.05, 4.69) is 15.3 Å². The van der Waals surface area contributed by atoms with E-state index in [-0.39, 0.29) is 40.6 Å². The minimum absolute atomic E-state index is 0.0376. The molecule has 1 unspecified atom stereocenters. The standard InChI is InChI=1S/C22H23FN4O3S/c1-15-4-10-20(11-5-15)31(29,30)27(3)14-21-24-12-18(13-25-21)22(28)26-16(2)17-6-8-19(23)9-7-17/h4-13,16H,14H2,1-3H3,(H,26,28). The van der Waals surface area contributed by atoms with Gasteiger partial charge in [0, 0.05) is 19.4 Å². The normalized spacial score (nSPS) is 12.5. The SMILES string of the molecule is Cc1ccc(S(=O)(=O)N(C)Cc2ncc(C(=O)NC(C)c3ccc(F)cc3)cn2)cc1. The highest BCUT2D eigenvalue weighted by Gasteiger charge is 2.22. The van der Waals surface area contributed by atoms with Crippen molar-refractivity contribution in [3.05, 3.63) is 89.3 Å². The lowest BCUT2D eigenvalue weighted by Crippen LogP contribution is -2.28. The summed E-state index contributed by atoms with van der Waals surface area (Å²) in [6.45, 7) is 3.63. The molecule has 1 heterocycles. The number of nitrogens with zero attached hydrogens (tertiary/aromatic N) is 3. The molecule has 0 saturated carbocycles. The first-order valence-electron chi connectivity index (χ1n) is 9.57. The Kier molecular flexibility index (Phi) is 6.77. The Balaban J connectivity index is 1.64. The third kappa shape index (κ3) is 5.50. The van der Waals surface area contributed by atoms with Crippen LogP contribution in [-0.4, -0.2) is 35.6 Å². The molecule has 0 saturated heterocycles. The van der Waals surface area contributed by atoms with Gasteiger partial charge in [0.1, 0.15) is 11.6 Å². The second kappa shape index (κ2) is 9.32. The zero-order valence-corrected chi connectivity index (χ0v) is 18.2. The van der Waals surface area contributed by atoms with Crippen molar-refractivity contribution in [2.45, 2.75) is 31.3 Å². The zero-order valence-electron chi connectivity index (χ0n) is 17.4. The first kappa shape index (κ1) is 22.5. The van der Waals surface area contributed by atoms with Crippen LogP contribution in [0.2, 0.25) is 0 Å². The summed E-state index contributed by atoms with van der Waals surface area (Å²) < 4.78 is 39.6. The second-order valence-electron chi connectivity index (χ2n) is 7.21. The largest absolute Gasteiger partial charge is 0.345 e. The molecule has 3 rings (SSSR count). The Morgan fingerprint density at radius 3 is 2.23 bits per heavy atom. The number of rotatable bonds is 7. The monoisotopic (exact) mass is 442 g/mol. The van der Waals surface area contributed by atoms with Crippen molar-refractivity contribution in [1.82, 2.24) is 19.6 Å². The molecular formula is C22H23FN4O3S. The average Bonchev–Trinajstić information content (AvgIpc) is 2.75. The van der Waals surface area contributed by atoms with Crippen LogP contribution < -0.4 is 5.32 Å². The summed E-state index contributed by atoms with van der Waals surface area (Å²) in [5.41, 5.74) is 1.96. The van der Waals surface area contributed by atoms with Gasteiger partial charge in [-0.1, -0.05) is 29.8 Å². The number of halogens is 1. The van der Waals surface area contributed by atoms with E-state index in [4.69, 9.17) is 0 Å². The van der Waals surface area contributed by atoms with Gasteiger partial charge in [-0.25, -0.2) is 22.8 Å². The van der Waals surface area contributed by atoms with Crippen molar-refractivity contribution in [2.75, 3.05) is 7.05 Å². The summed E-state index contributed by atoms with van der Waals surface area (Å²) in [7, 11) is -2.23. The molecular weight excluding hydrogens is 419 g/mol. The van der Waals surface area contributed by atoms with Crippen molar-refractivity contribution in [1.29, 1.82) is 0 Å². The molecule has 31 heavy (non-hydrogen) atoms. The molecule has 0 radical (unpaired) electrons. The van der Waals surface area contributed by atoms with Gasteiger partial charge in [0.15, 0.2) is 0 Å². The van der Waals surface area contributed by atoms with Gasteiger partial charge in [-0.05, 0) is 43.7 Å². The van der Waals surface area contributed by atoms with Gasteiger partial charge >= 0.3 is 0 Å². The summed E-state index contributed by atoms with van der Waals surface area (Å²) in [4.78, 5) is 20.9. The lowest BCUT2D eigenvalue weighted by atomic mass is 10.1. The number of sulfonamides is 1. The van der Waals surface area contributed by atoms with Crippen LogP contribution in [0.4, 0.5) is 4.39 Å². The van der Waals surface area contributed by atoms with E-state index in [1.807, 2.05) is 6.92 Å². The van der Waals surface area contributed by atoms with Crippen LogP contribution in [0, 0.1) is 12.7 Å². The maximum absolute atomic E-state index is 13.0. The molecule has 1 amide bonds. The Morgan fingerprint density at radius 2 is 1.65 bits per heavy atom. The van der Waals surface area contributed by atoms with Gasteiger partial charge in [0.05, 0.1) is 23.0 Å². The van der Waals surface area contributed by atoms with Crippen molar-refractivity contribution < 1.29 is 17.6 Å².